The third-order valence-electron chi connectivity index (χ3n) is 2.88. The molecule has 1 aromatic rings. The molecule has 0 aromatic carbocycles. The number of ether oxygens (including phenoxy) is 1. The van der Waals surface area contributed by atoms with Gasteiger partial charge in [0.25, 0.3) is 0 Å². The molecular formula is C12H13N3O3. The van der Waals surface area contributed by atoms with Crippen LogP contribution in [0.25, 0.3) is 0 Å². The number of carbonyl (C=O) groups excluding carboxylic acids is 2. The lowest BCUT2D eigenvalue weighted by Gasteiger charge is -2.25. The van der Waals surface area contributed by atoms with Gasteiger partial charge < -0.3 is 10.1 Å². The summed E-state index contributed by atoms with van der Waals surface area (Å²) < 4.78 is 4.76. The average Bonchev–Trinajstić information content (AvgIpc) is 2.38. The van der Waals surface area contributed by atoms with Crippen LogP contribution in [0.2, 0.25) is 0 Å². The first kappa shape index (κ1) is 12.2. The maximum absolute atomic E-state index is 11.8. The number of esters is 1. The van der Waals surface area contributed by atoms with Crippen LogP contribution in [0.5, 0.6) is 0 Å². The van der Waals surface area contributed by atoms with Crippen molar-refractivity contribution < 1.29 is 14.3 Å². The number of hydrogen-bond donors (Lipinski definition) is 1. The normalized spacial score (nSPS) is 19.4. The fraction of sp³-hybridized carbons (Fsp3) is 0.333. The molecular weight excluding hydrogens is 234 g/mol. The van der Waals surface area contributed by atoms with Crippen LogP contribution in [0, 0.1) is 0 Å². The summed E-state index contributed by atoms with van der Waals surface area (Å²) in [7, 11) is 1.32. The number of allylic oxidation sites excluding steroid dienone is 1. The van der Waals surface area contributed by atoms with Gasteiger partial charge in [0, 0.05) is 24.2 Å². The zero-order chi connectivity index (χ0) is 13.1. The summed E-state index contributed by atoms with van der Waals surface area (Å²) in [6.45, 7) is 1.69. The van der Waals surface area contributed by atoms with Crippen LogP contribution in [0.4, 0.5) is 0 Å². The smallest absolute Gasteiger partial charge is 0.336 e. The molecule has 2 heterocycles. The predicted molar refractivity (Wildman–Crippen MR) is 62.2 cm³/mol. The number of aromatic nitrogens is 2. The minimum absolute atomic E-state index is 0.123. The Labute approximate surface area is 104 Å². The summed E-state index contributed by atoms with van der Waals surface area (Å²) in [6, 6.07) is 1.74. The standard InChI is InChI=1S/C12H13N3O3/c1-7-11(12(17)18-2)9(5-10(16)15-7)8-3-4-13-14-6-8/h3-4,6,9H,5H2,1-2H3,(H,15,16). The number of hydrogen-bond acceptors (Lipinski definition) is 5. The van der Waals surface area contributed by atoms with Gasteiger partial charge in [-0.3, -0.25) is 4.79 Å². The van der Waals surface area contributed by atoms with Crippen LogP contribution in [-0.4, -0.2) is 29.2 Å². The lowest BCUT2D eigenvalue weighted by Crippen LogP contribution is -2.34. The quantitative estimate of drug-likeness (QED) is 0.771. The Morgan fingerprint density at radius 2 is 2.28 bits per heavy atom. The highest BCUT2D eigenvalue weighted by Gasteiger charge is 2.32. The van der Waals surface area contributed by atoms with Gasteiger partial charge in [-0.2, -0.15) is 10.2 Å². The zero-order valence-corrected chi connectivity index (χ0v) is 10.1. The van der Waals surface area contributed by atoms with Gasteiger partial charge in [-0.25, -0.2) is 4.79 Å². The molecule has 1 aromatic heterocycles. The van der Waals surface area contributed by atoms with Crippen molar-refractivity contribution in [1.82, 2.24) is 15.5 Å². The van der Waals surface area contributed by atoms with Gasteiger partial charge in [0.05, 0.1) is 18.9 Å². The average molecular weight is 247 g/mol. The van der Waals surface area contributed by atoms with E-state index in [1.54, 1.807) is 19.2 Å². The van der Waals surface area contributed by atoms with Crippen molar-refractivity contribution in [2.75, 3.05) is 7.11 Å². The van der Waals surface area contributed by atoms with Crippen molar-refractivity contribution in [2.24, 2.45) is 0 Å². The van der Waals surface area contributed by atoms with E-state index in [4.69, 9.17) is 4.74 Å². The topological polar surface area (TPSA) is 81.2 Å². The highest BCUT2D eigenvalue weighted by molar-refractivity contribution is 5.95. The summed E-state index contributed by atoms with van der Waals surface area (Å²) in [4.78, 5) is 23.4. The van der Waals surface area contributed by atoms with Crippen LogP contribution >= 0.6 is 0 Å². The van der Waals surface area contributed by atoms with E-state index in [2.05, 4.69) is 15.5 Å². The monoisotopic (exact) mass is 247 g/mol. The van der Waals surface area contributed by atoms with Crippen molar-refractivity contribution in [1.29, 1.82) is 0 Å². The molecule has 0 bridgehead atoms. The van der Waals surface area contributed by atoms with Crippen molar-refractivity contribution in [3.63, 3.8) is 0 Å². The molecule has 2 rings (SSSR count). The molecule has 0 saturated carbocycles. The lowest BCUT2D eigenvalue weighted by atomic mass is 9.85. The molecule has 0 spiro atoms. The third-order valence-corrected chi connectivity index (χ3v) is 2.88. The number of nitrogens with zero attached hydrogens (tertiary/aromatic N) is 2. The summed E-state index contributed by atoms with van der Waals surface area (Å²) in [6.07, 6.45) is 3.29. The van der Waals surface area contributed by atoms with Gasteiger partial charge in [0.15, 0.2) is 0 Å². The first-order chi connectivity index (χ1) is 8.63. The molecule has 94 valence electrons. The molecule has 6 nitrogen and oxygen atoms in total. The highest BCUT2D eigenvalue weighted by atomic mass is 16.5. The second-order valence-corrected chi connectivity index (χ2v) is 4.01. The SMILES string of the molecule is COC(=O)C1=C(C)NC(=O)CC1c1ccnnc1. The lowest BCUT2D eigenvalue weighted by molar-refractivity contribution is -0.136. The Morgan fingerprint density at radius 3 is 2.89 bits per heavy atom. The fourth-order valence-corrected chi connectivity index (χ4v) is 2.07. The first-order valence-electron chi connectivity index (χ1n) is 5.49. The second kappa shape index (κ2) is 4.95. The molecule has 0 saturated heterocycles. The van der Waals surface area contributed by atoms with E-state index in [1.807, 2.05) is 0 Å². The molecule has 1 amide bonds. The van der Waals surface area contributed by atoms with E-state index < -0.39 is 5.97 Å². The number of amides is 1. The molecule has 1 N–H and O–H groups in total. The van der Waals surface area contributed by atoms with Crippen molar-refractivity contribution in [3.05, 3.63) is 35.3 Å². The molecule has 18 heavy (non-hydrogen) atoms. The van der Waals surface area contributed by atoms with E-state index >= 15 is 0 Å². The van der Waals surface area contributed by atoms with Crippen molar-refractivity contribution >= 4 is 11.9 Å². The zero-order valence-electron chi connectivity index (χ0n) is 10.1. The minimum Gasteiger partial charge on any atom is -0.466 e. The van der Waals surface area contributed by atoms with Gasteiger partial charge in [0.2, 0.25) is 5.91 Å². The molecule has 0 radical (unpaired) electrons. The largest absolute Gasteiger partial charge is 0.466 e. The molecule has 1 aliphatic rings. The van der Waals surface area contributed by atoms with Crippen LogP contribution in [0.15, 0.2) is 29.7 Å². The predicted octanol–water partition coefficient (Wildman–Crippen LogP) is 0.527. The van der Waals surface area contributed by atoms with Crippen LogP contribution in [0.1, 0.15) is 24.8 Å². The van der Waals surface area contributed by atoms with Gasteiger partial charge in [-0.1, -0.05) is 0 Å². The fourth-order valence-electron chi connectivity index (χ4n) is 2.07. The summed E-state index contributed by atoms with van der Waals surface area (Å²) >= 11 is 0. The molecule has 1 unspecified atom stereocenters. The van der Waals surface area contributed by atoms with Crippen LogP contribution in [-0.2, 0) is 14.3 Å². The summed E-state index contributed by atoms with van der Waals surface area (Å²) in [5.74, 6) is -0.891. The van der Waals surface area contributed by atoms with Gasteiger partial charge in [-0.15, -0.1) is 0 Å². The molecule has 6 heteroatoms. The third kappa shape index (κ3) is 2.22. The molecule has 1 atom stereocenters. The Balaban J connectivity index is 2.46. The van der Waals surface area contributed by atoms with E-state index in [0.717, 1.165) is 5.56 Å². The van der Waals surface area contributed by atoms with E-state index in [9.17, 15) is 9.59 Å². The summed E-state index contributed by atoms with van der Waals surface area (Å²) in [5.41, 5.74) is 1.77. The Morgan fingerprint density at radius 1 is 1.50 bits per heavy atom. The van der Waals surface area contributed by atoms with Gasteiger partial charge >= 0.3 is 5.97 Å². The minimum atomic E-state index is -0.436. The van der Waals surface area contributed by atoms with Crippen LogP contribution in [0.3, 0.4) is 0 Å². The second-order valence-electron chi connectivity index (χ2n) is 4.01. The maximum atomic E-state index is 11.8. The summed E-state index contributed by atoms with van der Waals surface area (Å²) in [5, 5.41) is 10.1. The van der Waals surface area contributed by atoms with Gasteiger partial charge in [0.1, 0.15) is 0 Å². The number of nitrogens with one attached hydrogen (secondary N) is 1. The van der Waals surface area contributed by atoms with Crippen molar-refractivity contribution in [2.45, 2.75) is 19.3 Å². The van der Waals surface area contributed by atoms with E-state index in [1.165, 1.54) is 13.3 Å². The van der Waals surface area contributed by atoms with Crippen molar-refractivity contribution in [3.8, 4) is 0 Å². The van der Waals surface area contributed by atoms with E-state index in [-0.39, 0.29) is 18.2 Å². The maximum Gasteiger partial charge on any atom is 0.336 e. The van der Waals surface area contributed by atoms with Gasteiger partial charge in [-0.05, 0) is 18.6 Å². The Bertz CT molecular complexity index is 511. The number of carbonyl (C=O) groups is 2. The van der Waals surface area contributed by atoms with Crippen LogP contribution < -0.4 is 5.32 Å². The molecule has 0 aliphatic carbocycles. The number of methoxy groups -OCH3 is 1. The first-order valence-corrected chi connectivity index (χ1v) is 5.49. The number of rotatable bonds is 2. The van der Waals surface area contributed by atoms with E-state index in [0.29, 0.717) is 11.3 Å². The Hall–Kier alpha value is -2.24. The highest BCUT2D eigenvalue weighted by Crippen LogP contribution is 2.32. The molecule has 1 aliphatic heterocycles. The molecule has 0 fully saturated rings. The Kier molecular flexibility index (Phi) is 3.36.